The van der Waals surface area contributed by atoms with Crippen molar-refractivity contribution in [3.05, 3.63) is 12.2 Å². The van der Waals surface area contributed by atoms with E-state index in [4.69, 9.17) is 18.9 Å². The number of hydrogen-bond acceptors (Lipinski definition) is 13. The lowest BCUT2D eigenvalue weighted by Gasteiger charge is -2.46. The first kappa shape index (κ1) is 45.9. The third-order valence-electron chi connectivity index (χ3n) is 9.72. The van der Waals surface area contributed by atoms with Gasteiger partial charge in [-0.05, 0) is 19.3 Å². The molecule has 0 radical (unpaired) electrons. The lowest BCUT2D eigenvalue weighted by atomic mass is 9.97. The number of aliphatic hydroxyl groups is 8. The van der Waals surface area contributed by atoms with Crippen LogP contribution in [0.15, 0.2) is 12.2 Å². The van der Waals surface area contributed by atoms with Crippen molar-refractivity contribution in [2.24, 2.45) is 0 Å². The number of aliphatic hydroxyl groups excluding tert-OH is 8. The maximum Gasteiger partial charge on any atom is 0.220 e. The second-order valence-corrected chi connectivity index (χ2v) is 14.1. The fraction of sp³-hybridized carbons (Fsp3) is 0.919. The van der Waals surface area contributed by atoms with Crippen LogP contribution >= 0.6 is 0 Å². The highest BCUT2D eigenvalue weighted by Gasteiger charge is 2.50. The number of rotatable bonds is 27. The van der Waals surface area contributed by atoms with Gasteiger partial charge in [-0.2, -0.15) is 0 Å². The van der Waals surface area contributed by atoms with Gasteiger partial charge >= 0.3 is 0 Å². The van der Waals surface area contributed by atoms with E-state index in [9.17, 15) is 45.6 Å². The van der Waals surface area contributed by atoms with Crippen LogP contribution in [0, 0.1) is 0 Å². The second kappa shape index (κ2) is 26.5. The van der Waals surface area contributed by atoms with E-state index in [2.05, 4.69) is 19.2 Å². The molecule has 2 heterocycles. The minimum Gasteiger partial charge on any atom is -0.394 e. The van der Waals surface area contributed by atoms with Crippen molar-refractivity contribution in [2.45, 2.75) is 197 Å². The van der Waals surface area contributed by atoms with Crippen LogP contribution < -0.4 is 5.32 Å². The number of carbonyl (C=O) groups excluding carboxylic acids is 1. The summed E-state index contributed by atoms with van der Waals surface area (Å²) in [6, 6.07) is -0.902. The fourth-order valence-electron chi connectivity index (χ4n) is 6.40. The summed E-state index contributed by atoms with van der Waals surface area (Å²) in [5.41, 5.74) is 0. The molecule has 2 aliphatic rings. The molecule has 14 nitrogen and oxygen atoms in total. The molecular formula is C37H69NO13. The SMILES string of the molecule is CCCCC/C=C/C(O)C(COC1OC(CO)C(OC2OC(CO)C(O)C(O)C2O)C(O)C1O)NC(=O)CCCCCCCCCCCCCC. The zero-order chi connectivity index (χ0) is 37.6. The van der Waals surface area contributed by atoms with E-state index >= 15 is 0 Å². The van der Waals surface area contributed by atoms with Gasteiger partial charge in [-0.15, -0.1) is 0 Å². The second-order valence-electron chi connectivity index (χ2n) is 14.1. The zero-order valence-electron chi connectivity index (χ0n) is 30.8. The molecule has 300 valence electrons. The molecule has 0 aromatic rings. The van der Waals surface area contributed by atoms with Gasteiger partial charge in [0.2, 0.25) is 5.91 Å². The van der Waals surface area contributed by atoms with Crippen molar-refractivity contribution in [3.63, 3.8) is 0 Å². The third-order valence-corrected chi connectivity index (χ3v) is 9.72. The smallest absolute Gasteiger partial charge is 0.220 e. The molecule has 2 fully saturated rings. The number of allylic oxidation sites excluding steroid dienone is 1. The molecule has 12 atom stereocenters. The first-order chi connectivity index (χ1) is 24.6. The van der Waals surface area contributed by atoms with Gasteiger partial charge in [-0.25, -0.2) is 0 Å². The Hall–Kier alpha value is -1.27. The molecule has 0 aliphatic carbocycles. The minimum absolute atomic E-state index is 0.250. The Bertz CT molecular complexity index is 925. The van der Waals surface area contributed by atoms with Crippen molar-refractivity contribution in [1.82, 2.24) is 5.32 Å². The van der Waals surface area contributed by atoms with E-state index in [0.717, 1.165) is 44.9 Å². The maximum absolute atomic E-state index is 12.9. The lowest BCUT2D eigenvalue weighted by molar-refractivity contribution is -0.359. The Kier molecular flexibility index (Phi) is 23.8. The Morgan fingerprint density at radius 3 is 1.80 bits per heavy atom. The average Bonchev–Trinajstić information content (AvgIpc) is 3.12. The van der Waals surface area contributed by atoms with E-state index in [1.807, 2.05) is 6.08 Å². The number of amides is 1. The summed E-state index contributed by atoms with van der Waals surface area (Å²) in [6.45, 7) is 2.61. The molecular weight excluding hydrogens is 666 g/mol. The molecule has 14 heteroatoms. The van der Waals surface area contributed by atoms with E-state index in [1.165, 1.54) is 51.4 Å². The Morgan fingerprint density at radius 2 is 1.22 bits per heavy atom. The standard InChI is InChI=1S/C37H69NO13/c1-3-5-7-9-10-11-12-13-14-15-17-19-21-29(42)38-25(26(41)20-18-16-8-6-4-2)24-48-36-34(47)32(45)35(28(23-40)50-36)51-37-33(46)31(44)30(43)27(22-39)49-37/h18,20,25-28,30-37,39-41,43-47H,3-17,19,21-24H2,1-2H3,(H,38,42)/b20-18+. The quantitative estimate of drug-likeness (QED) is 0.0433. The van der Waals surface area contributed by atoms with Crippen molar-refractivity contribution in [3.8, 4) is 0 Å². The lowest BCUT2D eigenvalue weighted by Crippen LogP contribution is -2.65. The highest BCUT2D eigenvalue weighted by atomic mass is 16.7. The molecule has 0 aromatic carbocycles. The minimum atomic E-state index is -1.78. The van der Waals surface area contributed by atoms with E-state index in [0.29, 0.717) is 6.42 Å². The largest absolute Gasteiger partial charge is 0.394 e. The van der Waals surface area contributed by atoms with E-state index in [1.54, 1.807) is 6.08 Å². The number of nitrogens with one attached hydrogen (secondary N) is 1. The van der Waals surface area contributed by atoms with Crippen LogP contribution in [-0.4, -0.2) is 140 Å². The molecule has 1 amide bonds. The molecule has 51 heavy (non-hydrogen) atoms. The van der Waals surface area contributed by atoms with Gasteiger partial charge in [0.15, 0.2) is 12.6 Å². The van der Waals surface area contributed by atoms with Gasteiger partial charge < -0.3 is 65.1 Å². The monoisotopic (exact) mass is 735 g/mol. The Labute approximate surface area is 304 Å². The number of ether oxygens (including phenoxy) is 4. The number of hydrogen-bond donors (Lipinski definition) is 9. The summed E-state index contributed by atoms with van der Waals surface area (Å²) in [7, 11) is 0. The van der Waals surface area contributed by atoms with Crippen LogP contribution in [0.2, 0.25) is 0 Å². The summed E-state index contributed by atoms with van der Waals surface area (Å²) in [4.78, 5) is 12.9. The van der Waals surface area contributed by atoms with Gasteiger partial charge in [-0.3, -0.25) is 4.79 Å². The molecule has 2 rings (SSSR count). The fourth-order valence-corrected chi connectivity index (χ4v) is 6.40. The summed E-state index contributed by atoms with van der Waals surface area (Å²) in [5.74, 6) is -0.250. The Morgan fingerprint density at radius 1 is 0.686 bits per heavy atom. The molecule has 0 spiro atoms. The van der Waals surface area contributed by atoms with Crippen LogP contribution in [0.25, 0.3) is 0 Å². The molecule has 0 saturated carbocycles. The van der Waals surface area contributed by atoms with Gasteiger partial charge in [0.25, 0.3) is 0 Å². The van der Waals surface area contributed by atoms with Crippen LogP contribution in [-0.2, 0) is 23.7 Å². The molecule has 0 aromatic heterocycles. The van der Waals surface area contributed by atoms with Crippen molar-refractivity contribution < 1.29 is 64.6 Å². The molecule has 0 bridgehead atoms. The molecule has 12 unspecified atom stereocenters. The predicted molar refractivity (Wildman–Crippen MR) is 189 cm³/mol. The normalized spacial score (nSPS) is 31.2. The summed E-state index contributed by atoms with van der Waals surface area (Å²) in [5, 5.41) is 85.6. The van der Waals surface area contributed by atoms with Crippen LogP contribution in [0.3, 0.4) is 0 Å². The van der Waals surface area contributed by atoms with E-state index < -0.39 is 86.8 Å². The molecule has 2 aliphatic heterocycles. The van der Waals surface area contributed by atoms with E-state index in [-0.39, 0.29) is 18.9 Å². The maximum atomic E-state index is 12.9. The first-order valence-electron chi connectivity index (χ1n) is 19.4. The van der Waals surface area contributed by atoms with Gasteiger partial charge in [-0.1, -0.05) is 109 Å². The highest BCUT2D eigenvalue weighted by Crippen LogP contribution is 2.29. The third kappa shape index (κ3) is 16.3. The highest BCUT2D eigenvalue weighted by molar-refractivity contribution is 5.76. The first-order valence-corrected chi connectivity index (χ1v) is 19.4. The number of carbonyl (C=O) groups is 1. The summed E-state index contributed by atoms with van der Waals surface area (Å²) in [6.07, 6.45) is 4.74. The Balaban J connectivity index is 1.91. The van der Waals surface area contributed by atoms with Gasteiger partial charge in [0, 0.05) is 6.42 Å². The molecule has 9 N–H and O–H groups in total. The van der Waals surface area contributed by atoms with Crippen molar-refractivity contribution in [1.29, 1.82) is 0 Å². The summed E-state index contributed by atoms with van der Waals surface area (Å²) < 4.78 is 22.4. The molecule has 2 saturated heterocycles. The number of unbranched alkanes of at least 4 members (excludes halogenated alkanes) is 14. The topological polar surface area (TPSA) is 228 Å². The van der Waals surface area contributed by atoms with Crippen molar-refractivity contribution in [2.75, 3.05) is 19.8 Å². The zero-order valence-corrected chi connectivity index (χ0v) is 30.8. The van der Waals surface area contributed by atoms with Gasteiger partial charge in [0.05, 0.1) is 32.0 Å². The van der Waals surface area contributed by atoms with Crippen LogP contribution in [0.4, 0.5) is 0 Å². The predicted octanol–water partition coefficient (Wildman–Crippen LogP) is 1.70. The average molecular weight is 736 g/mol. The van der Waals surface area contributed by atoms with Crippen molar-refractivity contribution >= 4 is 5.91 Å². The van der Waals surface area contributed by atoms with Gasteiger partial charge in [0.1, 0.15) is 48.8 Å². The summed E-state index contributed by atoms with van der Waals surface area (Å²) >= 11 is 0. The van der Waals surface area contributed by atoms with Crippen LogP contribution in [0.5, 0.6) is 0 Å². The van der Waals surface area contributed by atoms with Crippen LogP contribution in [0.1, 0.15) is 123 Å².